The SMILES string of the molecule is C=CCn1cnn(CN2CCN(S(=O)(=O)c3ccccc3)CC2)c1=S. The minimum absolute atomic E-state index is 0.342. The lowest BCUT2D eigenvalue weighted by molar-refractivity contribution is 0.144. The van der Waals surface area contributed by atoms with Crippen LogP contribution in [0.3, 0.4) is 0 Å². The summed E-state index contributed by atoms with van der Waals surface area (Å²) in [7, 11) is -3.42. The van der Waals surface area contributed by atoms with Crippen molar-refractivity contribution in [2.45, 2.75) is 18.1 Å². The first-order valence-corrected chi connectivity index (χ1v) is 9.88. The molecule has 1 aliphatic heterocycles. The second-order valence-corrected chi connectivity index (χ2v) is 8.13. The molecule has 3 rings (SSSR count). The fourth-order valence-corrected chi connectivity index (χ4v) is 4.45. The standard InChI is InChI=1S/C16H21N5O2S2/c1-2-8-19-13-17-21(16(19)24)14-18-9-11-20(12-10-18)25(22,23)15-6-4-3-5-7-15/h2-7,13H,1,8-12,14H2. The number of hydrogen-bond acceptors (Lipinski definition) is 5. The molecule has 0 spiro atoms. The van der Waals surface area contributed by atoms with Gasteiger partial charge in [0.15, 0.2) is 4.77 Å². The third-order valence-corrected chi connectivity index (χ3v) is 6.53. The maximum absolute atomic E-state index is 12.6. The van der Waals surface area contributed by atoms with Crippen molar-refractivity contribution < 1.29 is 8.42 Å². The molecule has 2 aromatic rings. The second kappa shape index (κ2) is 7.61. The Labute approximate surface area is 152 Å². The molecule has 1 aromatic heterocycles. The Balaban J connectivity index is 1.63. The van der Waals surface area contributed by atoms with E-state index in [4.69, 9.17) is 12.2 Å². The van der Waals surface area contributed by atoms with Crippen molar-refractivity contribution in [3.8, 4) is 0 Å². The van der Waals surface area contributed by atoms with Gasteiger partial charge < -0.3 is 4.57 Å². The van der Waals surface area contributed by atoms with Crippen LogP contribution in [0.25, 0.3) is 0 Å². The average molecular weight is 380 g/mol. The smallest absolute Gasteiger partial charge is 0.243 e. The third kappa shape index (κ3) is 3.90. The second-order valence-electron chi connectivity index (χ2n) is 5.83. The zero-order valence-corrected chi connectivity index (χ0v) is 15.5. The minimum Gasteiger partial charge on any atom is -0.303 e. The van der Waals surface area contributed by atoms with Gasteiger partial charge in [0, 0.05) is 32.7 Å². The fourth-order valence-electron chi connectivity index (χ4n) is 2.78. The van der Waals surface area contributed by atoms with E-state index >= 15 is 0 Å². The zero-order chi connectivity index (χ0) is 17.9. The summed E-state index contributed by atoms with van der Waals surface area (Å²) in [5.41, 5.74) is 0. The Morgan fingerprint density at radius 1 is 1.16 bits per heavy atom. The fraction of sp³-hybridized carbons (Fsp3) is 0.375. The van der Waals surface area contributed by atoms with Gasteiger partial charge >= 0.3 is 0 Å². The van der Waals surface area contributed by atoms with Gasteiger partial charge in [-0.05, 0) is 24.4 Å². The summed E-state index contributed by atoms with van der Waals surface area (Å²) in [5.74, 6) is 0. The molecule has 0 amide bonds. The van der Waals surface area contributed by atoms with Crippen LogP contribution in [-0.4, -0.2) is 58.1 Å². The van der Waals surface area contributed by atoms with E-state index in [0.717, 1.165) is 0 Å². The van der Waals surface area contributed by atoms with Crippen molar-refractivity contribution >= 4 is 22.2 Å². The Morgan fingerprint density at radius 2 is 1.84 bits per heavy atom. The Hall–Kier alpha value is -1.81. The average Bonchev–Trinajstić information content (AvgIpc) is 2.97. The molecule has 134 valence electrons. The van der Waals surface area contributed by atoms with Gasteiger partial charge in [-0.3, -0.25) is 4.90 Å². The highest BCUT2D eigenvalue weighted by molar-refractivity contribution is 7.89. The van der Waals surface area contributed by atoms with E-state index in [1.165, 1.54) is 4.31 Å². The number of hydrogen-bond donors (Lipinski definition) is 0. The Morgan fingerprint density at radius 3 is 2.48 bits per heavy atom. The van der Waals surface area contributed by atoms with E-state index in [1.54, 1.807) is 41.4 Å². The van der Waals surface area contributed by atoms with E-state index in [0.29, 0.717) is 49.1 Å². The minimum atomic E-state index is -3.42. The summed E-state index contributed by atoms with van der Waals surface area (Å²) in [4.78, 5) is 2.49. The molecule has 0 radical (unpaired) electrons. The van der Waals surface area contributed by atoms with Gasteiger partial charge in [-0.25, -0.2) is 13.1 Å². The van der Waals surface area contributed by atoms with Crippen molar-refractivity contribution in [1.82, 2.24) is 23.6 Å². The van der Waals surface area contributed by atoms with Crippen LogP contribution in [0.4, 0.5) is 0 Å². The van der Waals surface area contributed by atoms with Crippen molar-refractivity contribution in [2.75, 3.05) is 26.2 Å². The van der Waals surface area contributed by atoms with Gasteiger partial charge in [-0.2, -0.15) is 9.40 Å². The summed E-state index contributed by atoms with van der Waals surface area (Å²) >= 11 is 5.39. The molecule has 25 heavy (non-hydrogen) atoms. The van der Waals surface area contributed by atoms with Crippen LogP contribution in [0, 0.1) is 4.77 Å². The lowest BCUT2D eigenvalue weighted by Gasteiger charge is -2.33. The van der Waals surface area contributed by atoms with Crippen molar-refractivity contribution in [2.24, 2.45) is 0 Å². The molecule has 0 atom stereocenters. The molecule has 0 bridgehead atoms. The molecular weight excluding hydrogens is 358 g/mol. The van der Waals surface area contributed by atoms with E-state index in [2.05, 4.69) is 16.6 Å². The predicted octanol–water partition coefficient (Wildman–Crippen LogP) is 1.56. The molecule has 9 heteroatoms. The number of benzene rings is 1. The molecule has 7 nitrogen and oxygen atoms in total. The van der Waals surface area contributed by atoms with Gasteiger partial charge in [0.1, 0.15) is 6.33 Å². The third-order valence-electron chi connectivity index (χ3n) is 4.17. The van der Waals surface area contributed by atoms with E-state index in [9.17, 15) is 8.42 Å². The van der Waals surface area contributed by atoms with Crippen LogP contribution in [-0.2, 0) is 23.2 Å². The van der Waals surface area contributed by atoms with Crippen LogP contribution in [0.1, 0.15) is 0 Å². The molecule has 1 aliphatic rings. The first-order valence-electron chi connectivity index (χ1n) is 8.03. The number of piperazine rings is 1. The zero-order valence-electron chi connectivity index (χ0n) is 13.9. The monoisotopic (exact) mass is 379 g/mol. The predicted molar refractivity (Wildman–Crippen MR) is 98.0 cm³/mol. The maximum Gasteiger partial charge on any atom is 0.243 e. The van der Waals surface area contributed by atoms with Crippen molar-refractivity contribution in [3.05, 3.63) is 54.1 Å². The molecule has 1 saturated heterocycles. The highest BCUT2D eigenvalue weighted by Gasteiger charge is 2.28. The highest BCUT2D eigenvalue weighted by atomic mass is 32.2. The molecule has 0 saturated carbocycles. The Kier molecular flexibility index (Phi) is 5.48. The molecule has 0 N–H and O–H groups in total. The first-order chi connectivity index (χ1) is 12.0. The van der Waals surface area contributed by atoms with E-state index in [1.807, 2.05) is 10.6 Å². The molecule has 2 heterocycles. The molecular formula is C16H21N5O2S2. The van der Waals surface area contributed by atoms with Crippen LogP contribution in [0.5, 0.6) is 0 Å². The highest BCUT2D eigenvalue weighted by Crippen LogP contribution is 2.17. The van der Waals surface area contributed by atoms with Gasteiger partial charge in [0.25, 0.3) is 0 Å². The van der Waals surface area contributed by atoms with Gasteiger partial charge in [-0.15, -0.1) is 6.58 Å². The van der Waals surface area contributed by atoms with Crippen molar-refractivity contribution in [3.63, 3.8) is 0 Å². The summed E-state index contributed by atoms with van der Waals surface area (Å²) in [5, 5.41) is 4.30. The largest absolute Gasteiger partial charge is 0.303 e. The van der Waals surface area contributed by atoms with Gasteiger partial charge in [0.2, 0.25) is 10.0 Å². The summed E-state index contributed by atoms with van der Waals surface area (Å²) in [6.45, 7) is 7.08. The van der Waals surface area contributed by atoms with Crippen molar-refractivity contribution in [1.29, 1.82) is 0 Å². The summed E-state index contributed by atoms with van der Waals surface area (Å²) in [6, 6.07) is 8.56. The number of rotatable bonds is 6. The van der Waals surface area contributed by atoms with E-state index < -0.39 is 10.0 Å². The normalized spacial score (nSPS) is 16.8. The number of sulfonamides is 1. The lowest BCUT2D eigenvalue weighted by Crippen LogP contribution is -2.48. The van der Waals surface area contributed by atoms with Crippen LogP contribution < -0.4 is 0 Å². The van der Waals surface area contributed by atoms with Crippen LogP contribution in [0.2, 0.25) is 0 Å². The first kappa shape index (κ1) is 18.0. The molecule has 0 unspecified atom stereocenters. The summed E-state index contributed by atoms with van der Waals surface area (Å²) < 4.78 is 31.1. The topological polar surface area (TPSA) is 63.4 Å². The lowest BCUT2D eigenvalue weighted by atomic mass is 10.4. The van der Waals surface area contributed by atoms with Gasteiger partial charge in [0.05, 0.1) is 11.6 Å². The van der Waals surface area contributed by atoms with Crippen LogP contribution >= 0.6 is 12.2 Å². The number of allylic oxidation sites excluding steroid dienone is 1. The van der Waals surface area contributed by atoms with Gasteiger partial charge in [-0.1, -0.05) is 24.3 Å². The molecule has 1 fully saturated rings. The van der Waals surface area contributed by atoms with E-state index in [-0.39, 0.29) is 0 Å². The molecule has 0 aliphatic carbocycles. The maximum atomic E-state index is 12.6. The number of nitrogens with zero attached hydrogens (tertiary/aromatic N) is 5. The van der Waals surface area contributed by atoms with Crippen LogP contribution in [0.15, 0.2) is 54.2 Å². The quantitative estimate of drug-likeness (QED) is 0.563. The summed E-state index contributed by atoms with van der Waals surface area (Å²) in [6.07, 6.45) is 3.47. The number of aromatic nitrogens is 3. The molecule has 1 aromatic carbocycles. The Bertz CT molecular complexity index is 881.